The predicted molar refractivity (Wildman–Crippen MR) is 101 cm³/mol. The fourth-order valence-corrected chi connectivity index (χ4v) is 8.84. The number of rotatable bonds is 0. The maximum absolute atomic E-state index is 6.29. The summed E-state index contributed by atoms with van der Waals surface area (Å²) in [5.41, 5.74) is 0.694. The smallest absolute Gasteiger partial charge is 0.174 e. The molecule has 0 aromatic heterocycles. The van der Waals surface area contributed by atoms with Crippen molar-refractivity contribution in [3.8, 4) is 0 Å². The van der Waals surface area contributed by atoms with Crippen LogP contribution in [-0.2, 0) is 18.9 Å². The summed E-state index contributed by atoms with van der Waals surface area (Å²) in [4.78, 5) is 0. The Balaban J connectivity index is 1.28. The third kappa shape index (κ3) is 2.19. The molecule has 4 heteroatoms. The molecule has 0 aromatic rings. The lowest BCUT2D eigenvalue weighted by Gasteiger charge is -2.62. The summed E-state index contributed by atoms with van der Waals surface area (Å²) in [7, 11) is 0. The van der Waals surface area contributed by atoms with E-state index in [0.717, 1.165) is 69.4 Å². The second-order valence-corrected chi connectivity index (χ2v) is 10.9. The standard InChI is InChI=1S/C23H36O4/c1-20-9-10-22(24-11-12-25-22)15-16(20)3-4-17-18(20)5-7-21(2)19(17)6-8-23(21)26-13-14-27-23/h16-19H,3-15H2,1-2H3. The van der Waals surface area contributed by atoms with Crippen LogP contribution in [0.4, 0.5) is 0 Å². The number of hydrogen-bond donors (Lipinski definition) is 0. The quantitative estimate of drug-likeness (QED) is 0.623. The Morgan fingerprint density at radius 2 is 1.37 bits per heavy atom. The molecular formula is C23H36O4. The van der Waals surface area contributed by atoms with Gasteiger partial charge in [0.25, 0.3) is 0 Å². The fourth-order valence-electron chi connectivity index (χ4n) is 8.84. The maximum Gasteiger partial charge on any atom is 0.174 e. The van der Waals surface area contributed by atoms with Crippen molar-refractivity contribution in [1.29, 1.82) is 0 Å². The molecule has 2 spiro atoms. The van der Waals surface area contributed by atoms with Gasteiger partial charge in [0.05, 0.1) is 26.4 Å². The first-order valence-electron chi connectivity index (χ1n) is 11.6. The van der Waals surface area contributed by atoms with Crippen LogP contribution in [0.3, 0.4) is 0 Å². The molecule has 4 nitrogen and oxygen atoms in total. The average Bonchev–Trinajstić information content (AvgIpc) is 3.38. The Labute approximate surface area is 163 Å². The Morgan fingerprint density at radius 3 is 2.15 bits per heavy atom. The van der Waals surface area contributed by atoms with Crippen molar-refractivity contribution in [3.63, 3.8) is 0 Å². The van der Waals surface area contributed by atoms with E-state index in [9.17, 15) is 0 Å². The van der Waals surface area contributed by atoms with Gasteiger partial charge in [-0.1, -0.05) is 13.8 Å². The molecule has 0 bridgehead atoms. The average molecular weight is 377 g/mol. The number of ether oxygens (including phenoxy) is 4. The Bertz CT molecular complexity index is 607. The largest absolute Gasteiger partial charge is 0.348 e. The predicted octanol–water partition coefficient (Wildman–Crippen LogP) is 4.52. The molecule has 6 atom stereocenters. The lowest BCUT2D eigenvalue weighted by atomic mass is 9.44. The van der Waals surface area contributed by atoms with Crippen LogP contribution in [0, 0.1) is 34.5 Å². The molecule has 6 rings (SSSR count). The molecule has 6 unspecified atom stereocenters. The lowest BCUT2D eigenvalue weighted by molar-refractivity contribution is -0.257. The van der Waals surface area contributed by atoms with Gasteiger partial charge in [-0.25, -0.2) is 0 Å². The molecule has 27 heavy (non-hydrogen) atoms. The minimum atomic E-state index is -0.261. The second kappa shape index (κ2) is 5.71. The van der Waals surface area contributed by atoms with Crippen molar-refractivity contribution in [3.05, 3.63) is 0 Å². The highest BCUT2D eigenvalue weighted by atomic mass is 16.7. The normalized spacial score (nSPS) is 52.7. The van der Waals surface area contributed by atoms with E-state index >= 15 is 0 Å². The van der Waals surface area contributed by atoms with E-state index in [0.29, 0.717) is 5.41 Å². The lowest BCUT2D eigenvalue weighted by Crippen LogP contribution is -2.58. The first kappa shape index (κ1) is 17.7. The number of fused-ring (bicyclic) bond motifs is 6. The van der Waals surface area contributed by atoms with Crippen LogP contribution in [-0.4, -0.2) is 38.0 Å². The van der Waals surface area contributed by atoms with Crippen molar-refractivity contribution in [1.82, 2.24) is 0 Å². The molecule has 2 aliphatic heterocycles. The maximum atomic E-state index is 6.29. The van der Waals surface area contributed by atoms with E-state index in [1.54, 1.807) is 0 Å². The van der Waals surface area contributed by atoms with Crippen LogP contribution in [0.25, 0.3) is 0 Å². The highest BCUT2D eigenvalue weighted by Gasteiger charge is 2.67. The summed E-state index contributed by atoms with van der Waals surface area (Å²) in [5, 5.41) is 0. The zero-order valence-corrected chi connectivity index (χ0v) is 17.1. The number of hydrogen-bond acceptors (Lipinski definition) is 4. The molecule has 6 aliphatic rings. The van der Waals surface area contributed by atoms with E-state index in [1.807, 2.05) is 0 Å². The highest BCUT2D eigenvalue weighted by molar-refractivity contribution is 5.13. The summed E-state index contributed by atoms with van der Waals surface area (Å²) in [5.74, 6) is 2.78. The van der Waals surface area contributed by atoms with Gasteiger partial charge in [0, 0.05) is 24.7 Å². The van der Waals surface area contributed by atoms with Crippen LogP contribution in [0.2, 0.25) is 0 Å². The Morgan fingerprint density at radius 1 is 0.667 bits per heavy atom. The van der Waals surface area contributed by atoms with E-state index in [-0.39, 0.29) is 17.0 Å². The molecule has 0 aromatic carbocycles. The Hall–Kier alpha value is -0.160. The van der Waals surface area contributed by atoms with Gasteiger partial charge in [-0.3, -0.25) is 0 Å². The minimum Gasteiger partial charge on any atom is -0.348 e. The summed E-state index contributed by atoms with van der Waals surface area (Å²) in [6.45, 7) is 8.27. The van der Waals surface area contributed by atoms with Gasteiger partial charge in [0.2, 0.25) is 0 Å². The van der Waals surface area contributed by atoms with Gasteiger partial charge >= 0.3 is 0 Å². The van der Waals surface area contributed by atoms with Gasteiger partial charge in [-0.2, -0.15) is 0 Å². The van der Waals surface area contributed by atoms with Crippen LogP contribution < -0.4 is 0 Å². The SMILES string of the molecule is CC12CCC3(CC1CCC1C2CCC2(C)C1CCC21OCCO1)OCCO3. The topological polar surface area (TPSA) is 36.9 Å². The molecular weight excluding hydrogens is 340 g/mol. The summed E-state index contributed by atoms with van der Waals surface area (Å²) < 4.78 is 24.8. The monoisotopic (exact) mass is 376 g/mol. The van der Waals surface area contributed by atoms with Gasteiger partial charge < -0.3 is 18.9 Å². The van der Waals surface area contributed by atoms with Crippen LogP contribution in [0.1, 0.15) is 71.6 Å². The first-order valence-corrected chi connectivity index (χ1v) is 11.6. The van der Waals surface area contributed by atoms with Gasteiger partial charge in [-0.15, -0.1) is 0 Å². The first-order chi connectivity index (χ1) is 13.0. The molecule has 4 saturated carbocycles. The van der Waals surface area contributed by atoms with Crippen molar-refractivity contribution in [2.75, 3.05) is 26.4 Å². The zero-order valence-electron chi connectivity index (χ0n) is 17.1. The third-order valence-corrected chi connectivity index (χ3v) is 10.3. The molecule has 2 heterocycles. The molecule has 0 radical (unpaired) electrons. The van der Waals surface area contributed by atoms with Gasteiger partial charge in [0.15, 0.2) is 11.6 Å². The Kier molecular flexibility index (Phi) is 3.74. The fraction of sp³-hybridized carbons (Fsp3) is 1.00. The molecule has 0 N–H and O–H groups in total. The van der Waals surface area contributed by atoms with E-state index in [2.05, 4.69) is 13.8 Å². The van der Waals surface area contributed by atoms with Crippen LogP contribution in [0.5, 0.6) is 0 Å². The second-order valence-electron chi connectivity index (χ2n) is 10.9. The van der Waals surface area contributed by atoms with E-state index in [4.69, 9.17) is 18.9 Å². The zero-order chi connectivity index (χ0) is 18.3. The van der Waals surface area contributed by atoms with Crippen LogP contribution >= 0.6 is 0 Å². The summed E-state index contributed by atoms with van der Waals surface area (Å²) >= 11 is 0. The molecule has 0 amide bonds. The van der Waals surface area contributed by atoms with E-state index in [1.165, 1.54) is 38.5 Å². The molecule has 152 valence electrons. The third-order valence-electron chi connectivity index (χ3n) is 10.3. The van der Waals surface area contributed by atoms with Crippen molar-refractivity contribution in [2.45, 2.75) is 83.2 Å². The molecule has 4 aliphatic carbocycles. The summed E-state index contributed by atoms with van der Waals surface area (Å²) in [6.07, 6.45) is 11.3. The van der Waals surface area contributed by atoms with Crippen molar-refractivity contribution < 1.29 is 18.9 Å². The van der Waals surface area contributed by atoms with Crippen LogP contribution in [0.15, 0.2) is 0 Å². The van der Waals surface area contributed by atoms with Crippen molar-refractivity contribution in [2.24, 2.45) is 34.5 Å². The summed E-state index contributed by atoms with van der Waals surface area (Å²) in [6, 6.07) is 0. The van der Waals surface area contributed by atoms with Gasteiger partial charge in [-0.05, 0) is 67.6 Å². The molecule has 2 saturated heterocycles. The van der Waals surface area contributed by atoms with E-state index < -0.39 is 0 Å². The van der Waals surface area contributed by atoms with Gasteiger partial charge in [0.1, 0.15) is 0 Å². The minimum absolute atomic E-state index is 0.224. The van der Waals surface area contributed by atoms with Crippen molar-refractivity contribution >= 4 is 0 Å². The highest BCUT2D eigenvalue weighted by Crippen LogP contribution is 2.70. The molecule has 6 fully saturated rings.